The van der Waals surface area contributed by atoms with Crippen LogP contribution in [0.3, 0.4) is 0 Å². The number of hydrogen-bond donors (Lipinski definition) is 0. The molecule has 0 aliphatic rings. The third-order valence-electron chi connectivity index (χ3n) is 4.70. The molecule has 30 heavy (non-hydrogen) atoms. The van der Waals surface area contributed by atoms with E-state index >= 15 is 0 Å². The van der Waals surface area contributed by atoms with Crippen LogP contribution in [0.2, 0.25) is 0 Å². The number of rotatable bonds is 7. The summed E-state index contributed by atoms with van der Waals surface area (Å²) in [6.07, 6.45) is -0.179. The third-order valence-corrected chi connectivity index (χ3v) is 5.23. The molecule has 0 aliphatic heterocycles. The summed E-state index contributed by atoms with van der Waals surface area (Å²) in [6, 6.07) is 11.3. The molecule has 0 bridgehead atoms. The van der Waals surface area contributed by atoms with Crippen molar-refractivity contribution in [3.8, 4) is 11.5 Å². The van der Waals surface area contributed by atoms with Crippen LogP contribution in [0.4, 0.5) is 0 Å². The van der Waals surface area contributed by atoms with E-state index in [1.54, 1.807) is 36.4 Å². The molecule has 0 saturated carbocycles. The fraction of sp³-hybridized carbons (Fsp3) is 0.227. The highest BCUT2D eigenvalue weighted by Crippen LogP contribution is 2.38. The van der Waals surface area contributed by atoms with Gasteiger partial charge in [-0.1, -0.05) is 28.1 Å². The normalized spacial score (nSPS) is 11.7. The van der Waals surface area contributed by atoms with Crippen LogP contribution in [0.25, 0.3) is 11.0 Å². The van der Waals surface area contributed by atoms with Crippen molar-refractivity contribution in [2.45, 2.75) is 12.3 Å². The van der Waals surface area contributed by atoms with Crippen molar-refractivity contribution in [3.05, 3.63) is 68.5 Å². The molecule has 0 spiro atoms. The van der Waals surface area contributed by atoms with Crippen molar-refractivity contribution < 1.29 is 28.2 Å². The van der Waals surface area contributed by atoms with Gasteiger partial charge in [0, 0.05) is 27.9 Å². The third kappa shape index (κ3) is 4.23. The number of ketones is 1. The van der Waals surface area contributed by atoms with Gasteiger partial charge >= 0.3 is 11.6 Å². The number of carbonyl (C=O) groups excluding carboxylic acids is 2. The summed E-state index contributed by atoms with van der Waals surface area (Å²) in [6.45, 7) is 0. The van der Waals surface area contributed by atoms with Gasteiger partial charge in [-0.05, 0) is 29.8 Å². The molecule has 0 aliphatic carbocycles. The molecule has 1 atom stereocenters. The van der Waals surface area contributed by atoms with Gasteiger partial charge in [-0.2, -0.15) is 0 Å². The fourth-order valence-electron chi connectivity index (χ4n) is 3.25. The number of hydrogen-bond acceptors (Lipinski definition) is 7. The van der Waals surface area contributed by atoms with Crippen molar-refractivity contribution in [3.63, 3.8) is 0 Å². The Balaban J connectivity index is 2.14. The Morgan fingerprint density at radius 2 is 1.73 bits per heavy atom. The second-order valence-corrected chi connectivity index (χ2v) is 7.32. The van der Waals surface area contributed by atoms with Crippen molar-refractivity contribution >= 4 is 38.7 Å². The lowest BCUT2D eigenvalue weighted by Crippen LogP contribution is -2.20. The minimum Gasteiger partial charge on any atom is -0.493 e. The molecule has 1 aromatic heterocycles. The summed E-state index contributed by atoms with van der Waals surface area (Å²) >= 11 is 3.32. The highest BCUT2D eigenvalue weighted by Gasteiger charge is 2.29. The van der Waals surface area contributed by atoms with Gasteiger partial charge in [-0.15, -0.1) is 0 Å². The zero-order valence-electron chi connectivity index (χ0n) is 16.6. The summed E-state index contributed by atoms with van der Waals surface area (Å²) in [7, 11) is 4.11. The summed E-state index contributed by atoms with van der Waals surface area (Å²) < 4.78 is 21.7. The first-order valence-electron chi connectivity index (χ1n) is 8.95. The van der Waals surface area contributed by atoms with Crippen molar-refractivity contribution in [2.24, 2.45) is 0 Å². The Kier molecular flexibility index (Phi) is 6.56. The number of ether oxygens (including phenoxy) is 3. The van der Waals surface area contributed by atoms with Gasteiger partial charge < -0.3 is 18.6 Å². The first-order valence-corrected chi connectivity index (χ1v) is 9.74. The van der Waals surface area contributed by atoms with E-state index in [1.165, 1.54) is 27.4 Å². The van der Waals surface area contributed by atoms with E-state index in [2.05, 4.69) is 15.9 Å². The maximum Gasteiger partial charge on any atom is 0.336 e. The lowest BCUT2D eigenvalue weighted by Gasteiger charge is -2.17. The maximum absolute atomic E-state index is 12.8. The number of halogens is 1. The SMILES string of the molecule is COC(=O)[C@H](CC(=O)c1ccc(Br)cc1)c1cc(=O)oc2c(OC)c(OC)ccc12. The van der Waals surface area contributed by atoms with Crippen LogP contribution in [0.15, 0.2) is 56.1 Å². The topological polar surface area (TPSA) is 92.0 Å². The molecule has 3 rings (SSSR count). The number of benzene rings is 2. The molecule has 0 amide bonds. The fourth-order valence-corrected chi connectivity index (χ4v) is 3.52. The molecule has 0 N–H and O–H groups in total. The zero-order chi connectivity index (χ0) is 21.8. The largest absolute Gasteiger partial charge is 0.493 e. The highest BCUT2D eigenvalue weighted by atomic mass is 79.9. The smallest absolute Gasteiger partial charge is 0.336 e. The maximum atomic E-state index is 12.8. The highest BCUT2D eigenvalue weighted by molar-refractivity contribution is 9.10. The van der Waals surface area contributed by atoms with Crippen LogP contribution in [0, 0.1) is 0 Å². The van der Waals surface area contributed by atoms with E-state index in [0.29, 0.717) is 22.3 Å². The predicted octanol–water partition coefficient (Wildman–Crippen LogP) is 4.10. The molecule has 2 aromatic carbocycles. The van der Waals surface area contributed by atoms with E-state index < -0.39 is 17.5 Å². The molecule has 0 fully saturated rings. The van der Waals surface area contributed by atoms with Crippen molar-refractivity contribution in [1.29, 1.82) is 0 Å². The second-order valence-electron chi connectivity index (χ2n) is 6.41. The van der Waals surface area contributed by atoms with E-state index in [0.717, 1.165) is 4.47 Å². The molecule has 0 unspecified atom stereocenters. The molecule has 0 saturated heterocycles. The Morgan fingerprint density at radius 3 is 2.33 bits per heavy atom. The van der Waals surface area contributed by atoms with Crippen molar-refractivity contribution in [1.82, 2.24) is 0 Å². The zero-order valence-corrected chi connectivity index (χ0v) is 18.1. The van der Waals surface area contributed by atoms with Crippen LogP contribution in [-0.2, 0) is 9.53 Å². The Bertz CT molecular complexity index is 1150. The van der Waals surface area contributed by atoms with Crippen LogP contribution in [0.5, 0.6) is 11.5 Å². The molecule has 1 heterocycles. The number of carbonyl (C=O) groups is 2. The Labute approximate surface area is 180 Å². The quantitative estimate of drug-likeness (QED) is 0.289. The van der Waals surface area contributed by atoms with E-state index in [1.807, 2.05) is 0 Å². The van der Waals surface area contributed by atoms with Crippen LogP contribution in [0.1, 0.15) is 28.3 Å². The van der Waals surface area contributed by atoms with E-state index in [4.69, 9.17) is 18.6 Å². The van der Waals surface area contributed by atoms with Gasteiger partial charge in [0.1, 0.15) is 0 Å². The number of esters is 1. The van der Waals surface area contributed by atoms with Gasteiger partial charge in [0.25, 0.3) is 0 Å². The van der Waals surface area contributed by atoms with Gasteiger partial charge in [-0.25, -0.2) is 4.79 Å². The Hall–Kier alpha value is -3.13. The van der Waals surface area contributed by atoms with Gasteiger partial charge in [0.15, 0.2) is 17.1 Å². The number of fused-ring (bicyclic) bond motifs is 1. The van der Waals surface area contributed by atoms with Crippen molar-refractivity contribution in [2.75, 3.05) is 21.3 Å². The molecular weight excluding hydrogens is 456 g/mol. The summed E-state index contributed by atoms with van der Waals surface area (Å²) in [5.74, 6) is -1.32. The molecular formula is C22H19BrO7. The molecule has 7 nitrogen and oxygen atoms in total. The molecule has 156 valence electrons. The number of Topliss-reactive ketones (excluding diaryl/α,β-unsaturated/α-hetero) is 1. The van der Waals surface area contributed by atoms with Gasteiger partial charge in [0.05, 0.1) is 27.2 Å². The summed E-state index contributed by atoms with van der Waals surface area (Å²) in [4.78, 5) is 37.7. The molecule has 0 radical (unpaired) electrons. The predicted molar refractivity (Wildman–Crippen MR) is 113 cm³/mol. The number of methoxy groups -OCH3 is 3. The Morgan fingerprint density at radius 1 is 1.03 bits per heavy atom. The monoisotopic (exact) mass is 474 g/mol. The van der Waals surface area contributed by atoms with Gasteiger partial charge in [0.2, 0.25) is 5.75 Å². The average molecular weight is 475 g/mol. The van der Waals surface area contributed by atoms with Crippen LogP contribution in [-0.4, -0.2) is 33.1 Å². The first kappa shape index (κ1) is 21.6. The van der Waals surface area contributed by atoms with E-state index in [-0.39, 0.29) is 23.5 Å². The minimum absolute atomic E-state index is 0.129. The molecule has 8 heteroatoms. The minimum atomic E-state index is -1.00. The molecule has 3 aromatic rings. The van der Waals surface area contributed by atoms with E-state index in [9.17, 15) is 14.4 Å². The second kappa shape index (κ2) is 9.13. The first-order chi connectivity index (χ1) is 14.4. The van der Waals surface area contributed by atoms with Crippen LogP contribution >= 0.6 is 15.9 Å². The lowest BCUT2D eigenvalue weighted by molar-refractivity contribution is -0.142. The summed E-state index contributed by atoms with van der Waals surface area (Å²) in [5.41, 5.74) is 0.205. The average Bonchev–Trinajstić information content (AvgIpc) is 2.75. The lowest BCUT2D eigenvalue weighted by atomic mass is 9.89. The van der Waals surface area contributed by atoms with Gasteiger partial charge in [-0.3, -0.25) is 9.59 Å². The van der Waals surface area contributed by atoms with Crippen LogP contribution < -0.4 is 15.1 Å². The summed E-state index contributed by atoms with van der Waals surface area (Å²) in [5, 5.41) is 0.450. The standard InChI is InChI=1S/C22H19BrO7/c1-27-18-9-8-14-15(11-19(25)30-20(14)21(18)28-2)16(22(26)29-3)10-17(24)12-4-6-13(23)7-5-12/h4-9,11,16H,10H2,1-3H3/t16-/m1/s1.